The molecule has 0 spiro atoms. The summed E-state index contributed by atoms with van der Waals surface area (Å²) in [6.07, 6.45) is 2.32. The van der Waals surface area contributed by atoms with Crippen LogP contribution >= 0.6 is 0 Å². The highest BCUT2D eigenvalue weighted by molar-refractivity contribution is 6.94. The lowest BCUT2D eigenvalue weighted by Gasteiger charge is -2.49. The average Bonchev–Trinajstić information content (AvgIpc) is 3.74. The highest BCUT2D eigenvalue weighted by Gasteiger charge is 2.53. The summed E-state index contributed by atoms with van der Waals surface area (Å²) in [5, 5.41) is 0. The fourth-order valence-electron chi connectivity index (χ4n) is 14.3. The molecule has 2 nitrogen and oxygen atoms in total. The van der Waals surface area contributed by atoms with Crippen LogP contribution in [-0.2, 0) is 32.5 Å². The third-order valence-electron chi connectivity index (χ3n) is 18.6. The van der Waals surface area contributed by atoms with Crippen molar-refractivity contribution in [2.45, 2.75) is 142 Å². The van der Waals surface area contributed by atoms with Crippen molar-refractivity contribution in [3.63, 3.8) is 0 Å². The van der Waals surface area contributed by atoms with Crippen LogP contribution in [0.5, 0.6) is 0 Å². The second-order valence-corrected chi connectivity index (χ2v) is 26.8. The SMILES string of the molecule is CC(C)(C)c1ccc(N2B3c4ccc5c(c4N(c4ccc(C(C)(C)C)cc4-c4ccccc4)c4cc6c(c(c43)-c3cc4c(cc32)C(C)(C)CCC4(C)C)C(C)(C)c2ccccc2-6)-c2ccccc2C5(C)C)cc1. The number of fused-ring (bicyclic) bond motifs is 13. The zero-order chi connectivity index (χ0) is 51.1. The van der Waals surface area contributed by atoms with Crippen LogP contribution in [0.3, 0.4) is 0 Å². The van der Waals surface area contributed by atoms with Gasteiger partial charge in [-0.1, -0.05) is 206 Å². The third kappa shape index (κ3) is 6.42. The molecule has 3 heteroatoms. The molecule has 0 radical (unpaired) electrons. The Bertz CT molecular complexity index is 3650. The highest BCUT2D eigenvalue weighted by atomic mass is 15.2. The van der Waals surface area contributed by atoms with Gasteiger partial charge in [0, 0.05) is 44.6 Å². The highest BCUT2D eigenvalue weighted by Crippen LogP contribution is 2.62. The Morgan fingerprint density at radius 1 is 0.425 bits per heavy atom. The van der Waals surface area contributed by atoms with Crippen LogP contribution in [0.1, 0.15) is 154 Å². The molecule has 0 unspecified atom stereocenters. The number of nitrogens with zero attached hydrogens (tertiary/aromatic N) is 2. The number of anilines is 5. The van der Waals surface area contributed by atoms with Crippen molar-refractivity contribution in [3.05, 3.63) is 196 Å². The first-order valence-electron chi connectivity index (χ1n) is 27.2. The molecular weight excluding hydrogens is 880 g/mol. The van der Waals surface area contributed by atoms with Crippen LogP contribution in [0.4, 0.5) is 28.4 Å². The van der Waals surface area contributed by atoms with Gasteiger partial charge in [0.25, 0.3) is 0 Å². The van der Waals surface area contributed by atoms with E-state index < -0.39 is 0 Å². The standard InChI is InChI=1S/C70H71BN2/c1-65(2,3)43-28-31-45(32-29-43)73-58-41-55-54(67(7,8)36-37-68(55,9)10)39-50(58)61-62-49(46-24-18-20-26-51(46)70(62,13)14)40-59-63(61)71(73)56-34-33-53-60(47-25-19-21-27-52(47)69(53,11)12)64(56)72(59)57-35-30-44(66(4,5)6)38-48(57)42-22-16-15-17-23-42/h15-35,38-41H,36-37H2,1-14H3. The molecule has 8 aromatic rings. The predicted octanol–water partition coefficient (Wildman–Crippen LogP) is 17.6. The molecule has 0 bridgehead atoms. The summed E-state index contributed by atoms with van der Waals surface area (Å²) in [4.78, 5) is 5.56. The van der Waals surface area contributed by atoms with E-state index in [1.807, 2.05) is 0 Å². The molecular formula is C70H71BN2. The molecule has 73 heavy (non-hydrogen) atoms. The summed E-state index contributed by atoms with van der Waals surface area (Å²) >= 11 is 0. The molecule has 0 amide bonds. The largest absolute Gasteiger partial charge is 0.376 e. The monoisotopic (exact) mass is 951 g/mol. The summed E-state index contributed by atoms with van der Waals surface area (Å²) in [7, 11) is 0. The third-order valence-corrected chi connectivity index (χ3v) is 18.6. The lowest BCUT2D eigenvalue weighted by atomic mass is 9.42. The zero-order valence-electron chi connectivity index (χ0n) is 45.8. The van der Waals surface area contributed by atoms with Gasteiger partial charge in [-0.2, -0.15) is 0 Å². The predicted molar refractivity (Wildman–Crippen MR) is 313 cm³/mol. The second-order valence-electron chi connectivity index (χ2n) is 26.8. The normalized spacial score (nSPS) is 17.7. The van der Waals surface area contributed by atoms with Crippen LogP contribution < -0.4 is 20.6 Å². The number of hydrogen-bond donors (Lipinski definition) is 0. The molecule has 8 aromatic carbocycles. The van der Waals surface area contributed by atoms with Gasteiger partial charge >= 0.3 is 6.85 Å². The van der Waals surface area contributed by atoms with E-state index in [1.54, 1.807) is 0 Å². The molecule has 364 valence electrons. The van der Waals surface area contributed by atoms with E-state index in [0.29, 0.717) is 0 Å². The van der Waals surface area contributed by atoms with Crippen molar-refractivity contribution in [1.29, 1.82) is 0 Å². The van der Waals surface area contributed by atoms with Crippen LogP contribution in [-0.4, -0.2) is 6.85 Å². The van der Waals surface area contributed by atoms with Gasteiger partial charge in [0.2, 0.25) is 0 Å². The first-order valence-corrected chi connectivity index (χ1v) is 27.2. The second kappa shape index (κ2) is 15.0. The summed E-state index contributed by atoms with van der Waals surface area (Å²) in [6.45, 7) is 33.8. The Labute approximate surface area is 436 Å². The van der Waals surface area contributed by atoms with Gasteiger partial charge in [-0.15, -0.1) is 0 Å². The minimum Gasteiger partial charge on any atom is -0.376 e. The Morgan fingerprint density at radius 2 is 1.01 bits per heavy atom. The zero-order valence-corrected chi connectivity index (χ0v) is 45.8. The molecule has 0 aromatic heterocycles. The Balaban J connectivity index is 1.25. The maximum Gasteiger partial charge on any atom is 0.333 e. The van der Waals surface area contributed by atoms with Gasteiger partial charge in [0.05, 0.1) is 11.4 Å². The molecule has 3 aliphatic carbocycles. The van der Waals surface area contributed by atoms with Gasteiger partial charge in [-0.3, -0.25) is 0 Å². The quantitative estimate of drug-likeness (QED) is 0.163. The Kier molecular flexibility index (Phi) is 9.52. The van der Waals surface area contributed by atoms with Crippen LogP contribution in [0, 0.1) is 0 Å². The first kappa shape index (κ1) is 46.2. The summed E-state index contributed by atoms with van der Waals surface area (Å²) < 4.78 is 0. The Morgan fingerprint density at radius 3 is 1.67 bits per heavy atom. The number of rotatable bonds is 3. The molecule has 0 saturated heterocycles. The summed E-state index contributed by atoms with van der Waals surface area (Å²) in [5.74, 6) is 0. The summed E-state index contributed by atoms with van der Waals surface area (Å²) in [5.41, 5.74) is 30.6. The van der Waals surface area contributed by atoms with E-state index >= 15 is 0 Å². The molecule has 0 N–H and O–H groups in total. The molecule has 2 aliphatic heterocycles. The van der Waals surface area contributed by atoms with E-state index in [9.17, 15) is 0 Å². The van der Waals surface area contributed by atoms with E-state index in [4.69, 9.17) is 0 Å². The topological polar surface area (TPSA) is 6.48 Å². The first-order chi connectivity index (χ1) is 34.5. The van der Waals surface area contributed by atoms with Gasteiger partial charge < -0.3 is 9.71 Å². The maximum atomic E-state index is 2.79. The molecule has 0 atom stereocenters. The molecule has 0 fully saturated rings. The Hall–Kier alpha value is -6.58. The molecule has 5 aliphatic rings. The van der Waals surface area contributed by atoms with Crippen LogP contribution in [0.2, 0.25) is 0 Å². The van der Waals surface area contributed by atoms with Crippen LogP contribution in [0.15, 0.2) is 152 Å². The van der Waals surface area contributed by atoms with Crippen molar-refractivity contribution in [3.8, 4) is 44.5 Å². The van der Waals surface area contributed by atoms with Crippen molar-refractivity contribution < 1.29 is 0 Å². The van der Waals surface area contributed by atoms with Crippen molar-refractivity contribution in [2.75, 3.05) is 9.71 Å². The fraction of sp³-hybridized carbons (Fsp3) is 0.314. The van der Waals surface area contributed by atoms with E-state index in [2.05, 4.69) is 258 Å². The van der Waals surface area contributed by atoms with E-state index in [-0.39, 0.29) is 39.3 Å². The van der Waals surface area contributed by atoms with Crippen molar-refractivity contribution in [1.82, 2.24) is 0 Å². The molecule has 0 saturated carbocycles. The fourth-order valence-corrected chi connectivity index (χ4v) is 14.3. The van der Waals surface area contributed by atoms with Gasteiger partial charge in [0.15, 0.2) is 0 Å². The minimum absolute atomic E-state index is 0.0190. The lowest BCUT2D eigenvalue weighted by molar-refractivity contribution is 0.332. The molecule has 2 heterocycles. The van der Waals surface area contributed by atoms with Gasteiger partial charge in [-0.05, 0) is 160 Å². The van der Waals surface area contributed by atoms with Crippen molar-refractivity contribution >= 4 is 46.2 Å². The number of benzene rings is 8. The minimum atomic E-state index is -0.255. The summed E-state index contributed by atoms with van der Waals surface area (Å²) in [6, 6.07) is 60.0. The lowest BCUT2D eigenvalue weighted by Crippen LogP contribution is -2.62. The maximum absolute atomic E-state index is 2.79. The van der Waals surface area contributed by atoms with E-state index in [0.717, 1.165) is 12.8 Å². The average molecular weight is 951 g/mol. The van der Waals surface area contributed by atoms with E-state index in [1.165, 1.54) is 128 Å². The number of hydrogen-bond acceptors (Lipinski definition) is 2. The van der Waals surface area contributed by atoms with Crippen molar-refractivity contribution in [2.24, 2.45) is 0 Å². The van der Waals surface area contributed by atoms with Gasteiger partial charge in [-0.25, -0.2) is 0 Å². The van der Waals surface area contributed by atoms with Gasteiger partial charge in [0.1, 0.15) is 0 Å². The molecule has 13 rings (SSSR count). The smallest absolute Gasteiger partial charge is 0.333 e. The van der Waals surface area contributed by atoms with Crippen LogP contribution in [0.25, 0.3) is 44.5 Å².